The number of halogens is 2. The predicted octanol–water partition coefficient (Wildman–Crippen LogP) is 1.50. The summed E-state index contributed by atoms with van der Waals surface area (Å²) in [6.45, 7) is 0.404. The SMILES string of the molecule is COCC(Cc1c(F)cccc1Cl)NN. The molecule has 5 heteroatoms. The van der Waals surface area contributed by atoms with Crippen LogP contribution < -0.4 is 11.3 Å². The Bertz CT molecular complexity index is 302. The molecule has 1 atom stereocenters. The largest absolute Gasteiger partial charge is 0.383 e. The lowest BCUT2D eigenvalue weighted by Gasteiger charge is -2.15. The lowest BCUT2D eigenvalue weighted by Crippen LogP contribution is -2.40. The van der Waals surface area contributed by atoms with Crippen LogP contribution in [-0.4, -0.2) is 19.8 Å². The van der Waals surface area contributed by atoms with E-state index in [-0.39, 0.29) is 11.9 Å². The smallest absolute Gasteiger partial charge is 0.127 e. The summed E-state index contributed by atoms with van der Waals surface area (Å²) >= 11 is 5.88. The van der Waals surface area contributed by atoms with Gasteiger partial charge in [0.2, 0.25) is 0 Å². The van der Waals surface area contributed by atoms with Crippen LogP contribution in [0.3, 0.4) is 0 Å². The van der Waals surface area contributed by atoms with Crippen molar-refractivity contribution >= 4 is 11.6 Å². The molecule has 1 unspecified atom stereocenters. The van der Waals surface area contributed by atoms with Gasteiger partial charge in [0.05, 0.1) is 6.61 Å². The van der Waals surface area contributed by atoms with E-state index < -0.39 is 0 Å². The van der Waals surface area contributed by atoms with Crippen molar-refractivity contribution in [3.05, 3.63) is 34.6 Å². The van der Waals surface area contributed by atoms with Gasteiger partial charge in [-0.25, -0.2) is 4.39 Å². The Morgan fingerprint density at radius 1 is 1.60 bits per heavy atom. The molecule has 0 heterocycles. The Morgan fingerprint density at radius 3 is 2.87 bits per heavy atom. The van der Waals surface area contributed by atoms with Crippen molar-refractivity contribution in [2.45, 2.75) is 12.5 Å². The average molecular weight is 233 g/mol. The summed E-state index contributed by atoms with van der Waals surface area (Å²) in [5, 5.41) is 0.409. The predicted molar refractivity (Wildman–Crippen MR) is 58.1 cm³/mol. The van der Waals surface area contributed by atoms with Crippen LogP contribution >= 0.6 is 11.6 Å². The molecule has 1 rings (SSSR count). The van der Waals surface area contributed by atoms with Crippen LogP contribution in [0, 0.1) is 5.82 Å². The van der Waals surface area contributed by atoms with E-state index in [9.17, 15) is 4.39 Å². The molecule has 0 radical (unpaired) electrons. The third-order valence-corrected chi connectivity index (χ3v) is 2.47. The fourth-order valence-corrected chi connectivity index (χ4v) is 1.58. The van der Waals surface area contributed by atoms with Crippen LogP contribution in [0.25, 0.3) is 0 Å². The molecular weight excluding hydrogens is 219 g/mol. The fraction of sp³-hybridized carbons (Fsp3) is 0.400. The summed E-state index contributed by atoms with van der Waals surface area (Å²) in [6.07, 6.45) is 0.399. The molecule has 0 aliphatic rings. The molecule has 0 spiro atoms. The summed E-state index contributed by atoms with van der Waals surface area (Å²) in [5.74, 6) is 4.99. The van der Waals surface area contributed by atoms with Gasteiger partial charge in [-0.15, -0.1) is 0 Å². The Morgan fingerprint density at radius 2 is 2.33 bits per heavy atom. The number of benzene rings is 1. The van der Waals surface area contributed by atoms with E-state index in [0.717, 1.165) is 0 Å². The van der Waals surface area contributed by atoms with Gasteiger partial charge in [-0.1, -0.05) is 17.7 Å². The molecule has 0 aliphatic carbocycles. The molecular formula is C10H14ClFN2O. The topological polar surface area (TPSA) is 47.3 Å². The third kappa shape index (κ3) is 3.43. The first-order valence-corrected chi connectivity index (χ1v) is 4.94. The van der Waals surface area contributed by atoms with Crippen molar-refractivity contribution in [2.75, 3.05) is 13.7 Å². The van der Waals surface area contributed by atoms with Gasteiger partial charge in [-0.05, 0) is 18.6 Å². The monoisotopic (exact) mass is 232 g/mol. The van der Waals surface area contributed by atoms with E-state index in [0.29, 0.717) is 23.6 Å². The van der Waals surface area contributed by atoms with E-state index in [1.165, 1.54) is 6.07 Å². The van der Waals surface area contributed by atoms with E-state index >= 15 is 0 Å². The van der Waals surface area contributed by atoms with E-state index in [1.54, 1.807) is 19.2 Å². The maximum Gasteiger partial charge on any atom is 0.127 e. The van der Waals surface area contributed by atoms with Crippen molar-refractivity contribution in [3.63, 3.8) is 0 Å². The van der Waals surface area contributed by atoms with Crippen molar-refractivity contribution in [2.24, 2.45) is 5.84 Å². The van der Waals surface area contributed by atoms with Gasteiger partial charge < -0.3 is 4.74 Å². The second-order valence-corrected chi connectivity index (χ2v) is 3.63. The lowest BCUT2D eigenvalue weighted by atomic mass is 10.1. The molecule has 15 heavy (non-hydrogen) atoms. The summed E-state index contributed by atoms with van der Waals surface area (Å²) in [7, 11) is 1.56. The highest BCUT2D eigenvalue weighted by Gasteiger charge is 2.13. The molecule has 0 amide bonds. The van der Waals surface area contributed by atoms with Crippen LogP contribution in [0.15, 0.2) is 18.2 Å². The molecule has 1 aromatic rings. The standard InChI is InChI=1S/C10H14ClFN2O/c1-15-6-7(14-13)5-8-9(11)3-2-4-10(8)12/h2-4,7,14H,5-6,13H2,1H3. The summed E-state index contributed by atoms with van der Waals surface area (Å²) < 4.78 is 18.3. The third-order valence-electron chi connectivity index (χ3n) is 2.12. The second kappa shape index (κ2) is 6.02. The highest BCUT2D eigenvalue weighted by atomic mass is 35.5. The number of hydrazine groups is 1. The molecule has 1 aromatic carbocycles. The number of nitrogens with one attached hydrogen (secondary N) is 1. The molecule has 0 bridgehead atoms. The summed E-state index contributed by atoms with van der Waals surface area (Å²) in [4.78, 5) is 0. The Balaban J connectivity index is 2.78. The summed E-state index contributed by atoms with van der Waals surface area (Å²) in [5.41, 5.74) is 3.01. The maximum atomic E-state index is 13.4. The van der Waals surface area contributed by atoms with E-state index in [2.05, 4.69) is 5.43 Å². The molecule has 3 N–H and O–H groups in total. The van der Waals surface area contributed by atoms with Gasteiger partial charge in [0.25, 0.3) is 0 Å². The fourth-order valence-electron chi connectivity index (χ4n) is 1.34. The minimum atomic E-state index is -0.321. The first kappa shape index (κ1) is 12.4. The van der Waals surface area contributed by atoms with Crippen LogP contribution in [0.4, 0.5) is 4.39 Å². The van der Waals surface area contributed by atoms with Gasteiger partial charge in [-0.2, -0.15) is 0 Å². The number of methoxy groups -OCH3 is 1. The first-order chi connectivity index (χ1) is 7.19. The number of hydrogen-bond acceptors (Lipinski definition) is 3. The van der Waals surface area contributed by atoms with Crippen molar-refractivity contribution in [3.8, 4) is 0 Å². The van der Waals surface area contributed by atoms with Crippen molar-refractivity contribution in [1.29, 1.82) is 0 Å². The lowest BCUT2D eigenvalue weighted by molar-refractivity contribution is 0.166. The maximum absolute atomic E-state index is 13.4. The van der Waals surface area contributed by atoms with Crippen LogP contribution in [0.2, 0.25) is 5.02 Å². The Hall–Kier alpha value is -0.680. The zero-order chi connectivity index (χ0) is 11.3. The van der Waals surface area contributed by atoms with Gasteiger partial charge in [0.15, 0.2) is 0 Å². The normalized spacial score (nSPS) is 12.8. The quantitative estimate of drug-likeness (QED) is 0.598. The molecule has 0 aromatic heterocycles. The van der Waals surface area contributed by atoms with Gasteiger partial charge in [0.1, 0.15) is 5.82 Å². The molecule has 84 valence electrons. The Labute approximate surface area is 93.3 Å². The van der Waals surface area contributed by atoms with Crippen molar-refractivity contribution < 1.29 is 9.13 Å². The Kier molecular flexibility index (Phi) is 4.98. The van der Waals surface area contributed by atoms with Gasteiger partial charge in [-0.3, -0.25) is 11.3 Å². The summed E-state index contributed by atoms with van der Waals surface area (Å²) in [6, 6.07) is 4.45. The zero-order valence-corrected chi connectivity index (χ0v) is 9.22. The highest BCUT2D eigenvalue weighted by molar-refractivity contribution is 6.31. The molecule has 0 fully saturated rings. The molecule has 0 saturated heterocycles. The number of hydrogen-bond donors (Lipinski definition) is 2. The highest BCUT2D eigenvalue weighted by Crippen LogP contribution is 2.20. The van der Waals surface area contributed by atoms with Crippen molar-refractivity contribution in [1.82, 2.24) is 5.43 Å². The second-order valence-electron chi connectivity index (χ2n) is 3.22. The first-order valence-electron chi connectivity index (χ1n) is 4.57. The van der Waals surface area contributed by atoms with Crippen LogP contribution in [-0.2, 0) is 11.2 Å². The van der Waals surface area contributed by atoms with Gasteiger partial charge >= 0.3 is 0 Å². The number of ether oxygens (including phenoxy) is 1. The number of rotatable bonds is 5. The average Bonchev–Trinajstić information content (AvgIpc) is 2.22. The van der Waals surface area contributed by atoms with E-state index in [1.807, 2.05) is 0 Å². The molecule has 0 saturated carbocycles. The van der Waals surface area contributed by atoms with Crippen LogP contribution in [0.5, 0.6) is 0 Å². The molecule has 3 nitrogen and oxygen atoms in total. The van der Waals surface area contributed by atoms with Crippen LogP contribution in [0.1, 0.15) is 5.56 Å². The van der Waals surface area contributed by atoms with Gasteiger partial charge in [0, 0.05) is 23.7 Å². The minimum Gasteiger partial charge on any atom is -0.383 e. The molecule has 0 aliphatic heterocycles. The number of nitrogens with two attached hydrogens (primary N) is 1. The minimum absolute atomic E-state index is 0.149. The van der Waals surface area contributed by atoms with E-state index in [4.69, 9.17) is 22.2 Å². The zero-order valence-electron chi connectivity index (χ0n) is 8.47.